The molecule has 1 aliphatic heterocycles. The Morgan fingerprint density at radius 3 is 2.50 bits per heavy atom. The molecular formula is C9H17N3O2. The van der Waals surface area contributed by atoms with Gasteiger partial charge in [-0.3, -0.25) is 0 Å². The second-order valence-electron chi connectivity index (χ2n) is 4.06. The molecule has 14 heavy (non-hydrogen) atoms. The maximum absolute atomic E-state index is 9.58. The predicted molar refractivity (Wildman–Crippen MR) is 52.4 cm³/mol. The molecule has 1 fully saturated rings. The van der Waals surface area contributed by atoms with Crippen LogP contribution in [-0.2, 0) is 4.74 Å². The molecule has 1 N–H and O–H groups in total. The third-order valence-corrected chi connectivity index (χ3v) is 3.33. The second-order valence-corrected chi connectivity index (χ2v) is 4.06. The van der Waals surface area contributed by atoms with Crippen molar-refractivity contribution in [3.05, 3.63) is 10.4 Å². The third-order valence-electron chi connectivity index (χ3n) is 3.33. The lowest BCUT2D eigenvalue weighted by Crippen LogP contribution is -2.45. The summed E-state index contributed by atoms with van der Waals surface area (Å²) < 4.78 is 5.37. The minimum absolute atomic E-state index is 0.132. The van der Waals surface area contributed by atoms with Crippen molar-refractivity contribution < 1.29 is 9.84 Å². The molecule has 1 aliphatic rings. The van der Waals surface area contributed by atoms with Gasteiger partial charge in [0.1, 0.15) is 0 Å². The van der Waals surface area contributed by atoms with Gasteiger partial charge in [0.25, 0.3) is 0 Å². The molecule has 5 unspecified atom stereocenters. The molecule has 5 atom stereocenters. The summed E-state index contributed by atoms with van der Waals surface area (Å²) in [6.45, 7) is 6.41. The summed E-state index contributed by atoms with van der Waals surface area (Å²) in [5.74, 6) is 0.809. The van der Waals surface area contributed by atoms with Gasteiger partial charge >= 0.3 is 0 Å². The van der Waals surface area contributed by atoms with Crippen LogP contribution in [0.2, 0.25) is 0 Å². The van der Waals surface area contributed by atoms with E-state index in [-0.39, 0.29) is 12.0 Å². The van der Waals surface area contributed by atoms with Crippen LogP contribution in [0.1, 0.15) is 20.8 Å². The summed E-state index contributed by atoms with van der Waals surface area (Å²) >= 11 is 0. The number of ether oxygens (including phenoxy) is 1. The number of aliphatic hydroxyl groups is 1. The van der Waals surface area contributed by atoms with E-state index >= 15 is 0 Å². The summed E-state index contributed by atoms with van der Waals surface area (Å²) in [4.78, 5) is 2.70. The zero-order chi connectivity index (χ0) is 10.7. The zero-order valence-electron chi connectivity index (χ0n) is 8.79. The molecular weight excluding hydrogens is 182 g/mol. The summed E-state index contributed by atoms with van der Waals surface area (Å²) in [6, 6.07) is 0. The van der Waals surface area contributed by atoms with E-state index in [0.717, 1.165) is 0 Å². The van der Waals surface area contributed by atoms with Crippen LogP contribution in [0.15, 0.2) is 5.11 Å². The van der Waals surface area contributed by atoms with Crippen molar-refractivity contribution >= 4 is 0 Å². The second kappa shape index (κ2) is 4.64. The fraction of sp³-hybridized carbons (Fsp3) is 1.00. The van der Waals surface area contributed by atoms with Crippen molar-refractivity contribution in [1.82, 2.24) is 0 Å². The van der Waals surface area contributed by atoms with E-state index in [1.807, 2.05) is 6.92 Å². The Hall–Kier alpha value is -0.770. The largest absolute Gasteiger partial charge is 0.368 e. The molecule has 5 nitrogen and oxygen atoms in total. The number of aliphatic hydroxyl groups excluding tert-OH is 1. The summed E-state index contributed by atoms with van der Waals surface area (Å²) in [6.07, 6.45) is -0.896. The van der Waals surface area contributed by atoms with Crippen LogP contribution >= 0.6 is 0 Å². The molecule has 0 saturated carbocycles. The van der Waals surface area contributed by atoms with Gasteiger partial charge in [-0.15, -0.1) is 0 Å². The van der Waals surface area contributed by atoms with E-state index in [2.05, 4.69) is 23.9 Å². The molecule has 0 amide bonds. The predicted octanol–water partition coefficient (Wildman–Crippen LogP) is 1.92. The number of nitrogens with zero attached hydrogens (tertiary/aromatic N) is 3. The Morgan fingerprint density at radius 2 is 1.93 bits per heavy atom. The Morgan fingerprint density at radius 1 is 1.29 bits per heavy atom. The normalized spacial score (nSPS) is 43.0. The van der Waals surface area contributed by atoms with Crippen molar-refractivity contribution in [3.8, 4) is 0 Å². The van der Waals surface area contributed by atoms with Gasteiger partial charge in [0.2, 0.25) is 0 Å². The summed E-state index contributed by atoms with van der Waals surface area (Å²) in [5, 5.41) is 13.1. The molecule has 0 aromatic rings. The first-order chi connectivity index (χ1) is 6.57. The van der Waals surface area contributed by atoms with Crippen LogP contribution in [0.3, 0.4) is 0 Å². The van der Waals surface area contributed by atoms with Crippen LogP contribution in [0.4, 0.5) is 0 Å². The SMILES string of the molecule is CC1C(O)OC(CN=[N+]=[N-])C(C)C1C. The first kappa shape index (κ1) is 11.3. The average molecular weight is 199 g/mol. The topological polar surface area (TPSA) is 78.2 Å². The highest BCUT2D eigenvalue weighted by Gasteiger charge is 2.37. The van der Waals surface area contributed by atoms with Gasteiger partial charge < -0.3 is 9.84 Å². The van der Waals surface area contributed by atoms with Crippen molar-refractivity contribution in [2.24, 2.45) is 22.9 Å². The highest BCUT2D eigenvalue weighted by atomic mass is 16.6. The van der Waals surface area contributed by atoms with Gasteiger partial charge in [-0.25, -0.2) is 0 Å². The molecule has 0 radical (unpaired) electrons. The minimum Gasteiger partial charge on any atom is -0.368 e. The van der Waals surface area contributed by atoms with Gasteiger partial charge in [0, 0.05) is 10.8 Å². The standard InChI is InChI=1S/C9H17N3O2/c1-5-6(2)8(4-11-12-10)14-9(13)7(5)3/h5-9,13H,4H2,1-3H3. The highest BCUT2D eigenvalue weighted by molar-refractivity contribution is 4.83. The number of hydrogen-bond donors (Lipinski definition) is 1. The average Bonchev–Trinajstić information content (AvgIpc) is 2.18. The zero-order valence-corrected chi connectivity index (χ0v) is 8.79. The number of rotatable bonds is 2. The fourth-order valence-electron chi connectivity index (χ4n) is 1.83. The first-order valence-electron chi connectivity index (χ1n) is 4.92. The fourth-order valence-corrected chi connectivity index (χ4v) is 1.83. The quantitative estimate of drug-likeness (QED) is 0.419. The Bertz CT molecular complexity index is 240. The molecule has 1 heterocycles. The van der Waals surface area contributed by atoms with E-state index in [0.29, 0.717) is 18.4 Å². The molecule has 5 heteroatoms. The van der Waals surface area contributed by atoms with Gasteiger partial charge in [-0.1, -0.05) is 25.9 Å². The van der Waals surface area contributed by atoms with E-state index in [1.54, 1.807) is 0 Å². The molecule has 0 spiro atoms. The number of azide groups is 1. The lowest BCUT2D eigenvalue weighted by atomic mass is 9.79. The maximum Gasteiger partial charge on any atom is 0.157 e. The molecule has 0 aromatic heterocycles. The molecule has 1 saturated heterocycles. The van der Waals surface area contributed by atoms with Crippen LogP contribution in [0, 0.1) is 17.8 Å². The first-order valence-corrected chi connectivity index (χ1v) is 4.92. The van der Waals surface area contributed by atoms with Crippen LogP contribution < -0.4 is 0 Å². The smallest absolute Gasteiger partial charge is 0.157 e. The minimum atomic E-state index is -0.736. The van der Waals surface area contributed by atoms with Crippen molar-refractivity contribution in [1.29, 1.82) is 0 Å². The Labute approximate surface area is 83.7 Å². The van der Waals surface area contributed by atoms with Crippen molar-refractivity contribution in [3.63, 3.8) is 0 Å². The molecule has 0 aromatic carbocycles. The number of hydrogen-bond acceptors (Lipinski definition) is 3. The van der Waals surface area contributed by atoms with E-state index in [1.165, 1.54) is 0 Å². The molecule has 1 rings (SSSR count). The summed E-state index contributed by atoms with van der Waals surface area (Å²) in [7, 11) is 0. The molecule has 80 valence electrons. The lowest BCUT2D eigenvalue weighted by Gasteiger charge is -2.41. The maximum atomic E-state index is 9.58. The monoisotopic (exact) mass is 199 g/mol. The van der Waals surface area contributed by atoms with Gasteiger partial charge in [0.05, 0.1) is 12.6 Å². The van der Waals surface area contributed by atoms with E-state index in [9.17, 15) is 5.11 Å². The Kier molecular flexibility index (Phi) is 3.75. The summed E-state index contributed by atoms with van der Waals surface area (Å²) in [5.41, 5.74) is 8.21. The lowest BCUT2D eigenvalue weighted by molar-refractivity contribution is -0.221. The molecule has 0 bridgehead atoms. The molecule has 0 aliphatic carbocycles. The van der Waals surface area contributed by atoms with E-state index in [4.69, 9.17) is 10.3 Å². The van der Waals surface area contributed by atoms with Gasteiger partial charge in [-0.05, 0) is 17.4 Å². The van der Waals surface area contributed by atoms with Crippen LogP contribution in [0.25, 0.3) is 10.4 Å². The van der Waals surface area contributed by atoms with Crippen molar-refractivity contribution in [2.45, 2.75) is 33.2 Å². The van der Waals surface area contributed by atoms with Crippen LogP contribution in [0.5, 0.6) is 0 Å². The Balaban J connectivity index is 2.64. The van der Waals surface area contributed by atoms with E-state index < -0.39 is 6.29 Å². The van der Waals surface area contributed by atoms with Crippen molar-refractivity contribution in [2.75, 3.05) is 6.54 Å². The van der Waals surface area contributed by atoms with Gasteiger partial charge in [-0.2, -0.15) is 0 Å². The third kappa shape index (κ3) is 2.18. The van der Waals surface area contributed by atoms with Crippen LogP contribution in [-0.4, -0.2) is 24.0 Å². The highest BCUT2D eigenvalue weighted by Crippen LogP contribution is 2.33. The van der Waals surface area contributed by atoms with Gasteiger partial charge in [0.15, 0.2) is 6.29 Å².